The van der Waals surface area contributed by atoms with E-state index >= 15 is 0 Å². The van der Waals surface area contributed by atoms with Crippen LogP contribution in [-0.2, 0) is 9.53 Å². The molecular formula is C19H18N2O3. The predicted molar refractivity (Wildman–Crippen MR) is 93.1 cm³/mol. The fraction of sp³-hybridized carbons (Fsp3) is 0.158. The average molecular weight is 322 g/mol. The normalized spacial score (nSPS) is 10.6. The molecule has 5 nitrogen and oxygen atoms in total. The Labute approximate surface area is 139 Å². The molecule has 5 heteroatoms. The number of fused-ring (bicyclic) bond motifs is 1. The van der Waals surface area contributed by atoms with Gasteiger partial charge in [0.05, 0.1) is 5.56 Å². The lowest BCUT2D eigenvalue weighted by atomic mass is 10.1. The lowest BCUT2D eigenvalue weighted by Crippen LogP contribution is -2.21. The highest BCUT2D eigenvalue weighted by Crippen LogP contribution is 2.19. The first-order chi connectivity index (χ1) is 11.6. The van der Waals surface area contributed by atoms with E-state index in [-0.39, 0.29) is 12.5 Å². The molecule has 0 fully saturated rings. The number of amides is 1. The summed E-state index contributed by atoms with van der Waals surface area (Å²) < 4.78 is 5.13. The number of hydrogen-bond acceptors (Lipinski definition) is 3. The molecule has 0 aliphatic heterocycles. The Kier molecular flexibility index (Phi) is 4.33. The number of para-hydroxylation sites is 1. The van der Waals surface area contributed by atoms with Crippen LogP contribution in [0.4, 0.5) is 5.69 Å². The van der Waals surface area contributed by atoms with Crippen LogP contribution in [0.25, 0.3) is 10.9 Å². The maximum Gasteiger partial charge on any atom is 0.340 e. The zero-order chi connectivity index (χ0) is 17.1. The third-order valence-electron chi connectivity index (χ3n) is 4.02. The molecule has 0 radical (unpaired) electrons. The molecule has 3 rings (SSSR count). The Morgan fingerprint density at radius 2 is 1.88 bits per heavy atom. The van der Waals surface area contributed by atoms with E-state index in [0.717, 1.165) is 27.7 Å². The van der Waals surface area contributed by atoms with Gasteiger partial charge in [-0.3, -0.25) is 4.79 Å². The van der Waals surface area contributed by atoms with Gasteiger partial charge in [0, 0.05) is 22.8 Å². The van der Waals surface area contributed by atoms with Crippen LogP contribution in [0.3, 0.4) is 0 Å². The quantitative estimate of drug-likeness (QED) is 0.721. The molecule has 1 aromatic heterocycles. The summed E-state index contributed by atoms with van der Waals surface area (Å²) in [5.74, 6) is -0.888. The summed E-state index contributed by atoms with van der Waals surface area (Å²) >= 11 is 0. The summed E-state index contributed by atoms with van der Waals surface area (Å²) in [6.07, 6.45) is 1.59. The molecule has 0 saturated heterocycles. The SMILES string of the molecule is Cc1cccc(NC(=O)COC(=O)c2c[nH]c3ccccc23)c1C. The van der Waals surface area contributed by atoms with Crippen molar-refractivity contribution in [2.45, 2.75) is 13.8 Å². The Morgan fingerprint density at radius 3 is 2.71 bits per heavy atom. The van der Waals surface area contributed by atoms with Gasteiger partial charge in [0.2, 0.25) is 0 Å². The molecule has 24 heavy (non-hydrogen) atoms. The summed E-state index contributed by atoms with van der Waals surface area (Å²) in [7, 11) is 0. The van der Waals surface area contributed by atoms with Crippen LogP contribution < -0.4 is 5.32 Å². The van der Waals surface area contributed by atoms with Gasteiger partial charge in [-0.05, 0) is 37.1 Å². The first kappa shape index (κ1) is 15.8. The molecule has 2 aromatic carbocycles. The van der Waals surface area contributed by atoms with Gasteiger partial charge in [0.25, 0.3) is 5.91 Å². The third-order valence-corrected chi connectivity index (χ3v) is 4.02. The van der Waals surface area contributed by atoms with Gasteiger partial charge < -0.3 is 15.0 Å². The number of benzene rings is 2. The van der Waals surface area contributed by atoms with Crippen LogP contribution in [0.2, 0.25) is 0 Å². The van der Waals surface area contributed by atoms with Crippen molar-refractivity contribution in [3.63, 3.8) is 0 Å². The molecule has 0 unspecified atom stereocenters. The summed E-state index contributed by atoms with van der Waals surface area (Å²) in [6.45, 7) is 3.58. The smallest absolute Gasteiger partial charge is 0.340 e. The molecule has 1 heterocycles. The lowest BCUT2D eigenvalue weighted by Gasteiger charge is -2.10. The minimum absolute atomic E-state index is 0.328. The number of rotatable bonds is 4. The number of anilines is 1. The maximum atomic E-state index is 12.2. The Morgan fingerprint density at radius 1 is 1.08 bits per heavy atom. The minimum Gasteiger partial charge on any atom is -0.452 e. The van der Waals surface area contributed by atoms with Crippen molar-refractivity contribution >= 4 is 28.5 Å². The number of esters is 1. The van der Waals surface area contributed by atoms with E-state index in [4.69, 9.17) is 4.74 Å². The average Bonchev–Trinajstić information content (AvgIpc) is 3.01. The Hall–Kier alpha value is -3.08. The summed E-state index contributed by atoms with van der Waals surface area (Å²) in [5.41, 5.74) is 4.08. The number of aromatic amines is 1. The molecule has 0 aliphatic carbocycles. The second kappa shape index (κ2) is 6.58. The van der Waals surface area contributed by atoms with E-state index in [2.05, 4.69) is 10.3 Å². The van der Waals surface area contributed by atoms with Gasteiger partial charge in [0.1, 0.15) is 0 Å². The lowest BCUT2D eigenvalue weighted by molar-refractivity contribution is -0.119. The molecule has 0 aliphatic rings. The van der Waals surface area contributed by atoms with Crippen LogP contribution in [0.5, 0.6) is 0 Å². The molecular weight excluding hydrogens is 304 g/mol. The zero-order valence-electron chi connectivity index (χ0n) is 13.6. The monoisotopic (exact) mass is 322 g/mol. The predicted octanol–water partition coefficient (Wildman–Crippen LogP) is 3.58. The molecule has 0 saturated carbocycles. The highest BCUT2D eigenvalue weighted by Gasteiger charge is 2.15. The van der Waals surface area contributed by atoms with Gasteiger partial charge >= 0.3 is 5.97 Å². The second-order valence-electron chi connectivity index (χ2n) is 5.62. The third kappa shape index (κ3) is 3.15. The molecule has 122 valence electrons. The number of carbonyl (C=O) groups excluding carboxylic acids is 2. The number of aryl methyl sites for hydroxylation is 1. The van der Waals surface area contributed by atoms with Crippen molar-refractivity contribution < 1.29 is 14.3 Å². The maximum absolute atomic E-state index is 12.2. The molecule has 3 aromatic rings. The van der Waals surface area contributed by atoms with Crippen molar-refractivity contribution in [3.8, 4) is 0 Å². The van der Waals surface area contributed by atoms with Crippen LogP contribution in [0.15, 0.2) is 48.7 Å². The number of aromatic nitrogens is 1. The number of hydrogen-bond donors (Lipinski definition) is 2. The first-order valence-electron chi connectivity index (χ1n) is 7.65. The summed E-state index contributed by atoms with van der Waals surface area (Å²) in [6, 6.07) is 13.1. The second-order valence-corrected chi connectivity index (χ2v) is 5.62. The van der Waals surface area contributed by atoms with E-state index in [1.165, 1.54) is 0 Å². The van der Waals surface area contributed by atoms with E-state index in [1.54, 1.807) is 6.20 Å². The number of ether oxygens (including phenoxy) is 1. The molecule has 0 bridgehead atoms. The highest BCUT2D eigenvalue weighted by atomic mass is 16.5. The fourth-order valence-electron chi connectivity index (χ4n) is 2.52. The molecule has 0 atom stereocenters. The molecule has 1 amide bonds. The van der Waals surface area contributed by atoms with E-state index in [1.807, 2.05) is 56.3 Å². The van der Waals surface area contributed by atoms with Crippen molar-refractivity contribution in [1.82, 2.24) is 4.98 Å². The Balaban J connectivity index is 1.64. The molecule has 0 spiro atoms. The van der Waals surface area contributed by atoms with Crippen LogP contribution in [-0.4, -0.2) is 23.5 Å². The van der Waals surface area contributed by atoms with Gasteiger partial charge in [-0.15, -0.1) is 0 Å². The van der Waals surface area contributed by atoms with Gasteiger partial charge in [0.15, 0.2) is 6.61 Å². The highest BCUT2D eigenvalue weighted by molar-refractivity contribution is 6.05. The van der Waals surface area contributed by atoms with Crippen molar-refractivity contribution in [1.29, 1.82) is 0 Å². The largest absolute Gasteiger partial charge is 0.452 e. The van der Waals surface area contributed by atoms with Gasteiger partial charge in [-0.25, -0.2) is 4.79 Å². The van der Waals surface area contributed by atoms with Crippen molar-refractivity contribution in [3.05, 3.63) is 65.4 Å². The van der Waals surface area contributed by atoms with E-state index < -0.39 is 5.97 Å². The fourth-order valence-corrected chi connectivity index (χ4v) is 2.52. The first-order valence-corrected chi connectivity index (χ1v) is 7.65. The van der Waals surface area contributed by atoms with Crippen molar-refractivity contribution in [2.24, 2.45) is 0 Å². The number of carbonyl (C=O) groups is 2. The summed E-state index contributed by atoms with van der Waals surface area (Å²) in [5, 5.41) is 3.54. The minimum atomic E-state index is -0.524. The zero-order valence-corrected chi connectivity index (χ0v) is 13.6. The van der Waals surface area contributed by atoms with Crippen LogP contribution >= 0.6 is 0 Å². The van der Waals surface area contributed by atoms with Crippen LogP contribution in [0.1, 0.15) is 21.5 Å². The number of H-pyrrole nitrogens is 1. The van der Waals surface area contributed by atoms with Crippen molar-refractivity contribution in [2.75, 3.05) is 11.9 Å². The number of nitrogens with one attached hydrogen (secondary N) is 2. The topological polar surface area (TPSA) is 71.2 Å². The van der Waals surface area contributed by atoms with Gasteiger partial charge in [-0.1, -0.05) is 30.3 Å². The standard InChI is InChI=1S/C19H18N2O3/c1-12-6-5-9-16(13(12)2)21-18(22)11-24-19(23)15-10-20-17-8-4-3-7-14(15)17/h3-10,20H,11H2,1-2H3,(H,21,22). The van der Waals surface area contributed by atoms with Gasteiger partial charge in [-0.2, -0.15) is 0 Å². The molecule has 2 N–H and O–H groups in total. The summed E-state index contributed by atoms with van der Waals surface area (Å²) in [4.78, 5) is 27.2. The van der Waals surface area contributed by atoms with E-state index in [0.29, 0.717) is 5.56 Å². The van der Waals surface area contributed by atoms with Crippen LogP contribution in [0, 0.1) is 13.8 Å². The van der Waals surface area contributed by atoms with E-state index in [9.17, 15) is 9.59 Å². The Bertz CT molecular complexity index is 912.